The average molecular weight is 354 g/mol. The molecule has 2 saturated heterocycles. The van der Waals surface area contributed by atoms with Gasteiger partial charge in [-0.25, -0.2) is 0 Å². The molecule has 1 aromatic rings. The largest absolute Gasteiger partial charge is 0.497 e. The first kappa shape index (κ1) is 17.5. The van der Waals surface area contributed by atoms with Crippen LogP contribution in [0.15, 0.2) is 18.2 Å². The van der Waals surface area contributed by atoms with E-state index >= 15 is 0 Å². The molecule has 2 heterocycles. The van der Waals surface area contributed by atoms with Crippen molar-refractivity contribution in [1.82, 2.24) is 8.61 Å². The van der Waals surface area contributed by atoms with E-state index in [1.54, 1.807) is 22.8 Å². The van der Waals surface area contributed by atoms with Crippen molar-refractivity contribution in [2.45, 2.75) is 38.1 Å². The summed E-state index contributed by atoms with van der Waals surface area (Å²) in [5, 5.41) is 0. The van der Waals surface area contributed by atoms with E-state index in [1.807, 2.05) is 18.2 Å². The van der Waals surface area contributed by atoms with Gasteiger partial charge in [0, 0.05) is 25.2 Å². The molecule has 1 aromatic carbocycles. The summed E-state index contributed by atoms with van der Waals surface area (Å²) in [6.07, 6.45) is 4.66. The van der Waals surface area contributed by atoms with Crippen molar-refractivity contribution >= 4 is 10.2 Å². The van der Waals surface area contributed by atoms with Crippen LogP contribution in [0.2, 0.25) is 0 Å². The predicted molar refractivity (Wildman–Crippen MR) is 92.6 cm³/mol. The molecule has 2 fully saturated rings. The molecule has 0 aliphatic carbocycles. The SMILES string of the molecule is COc1ccc(OC)c(C2CCCN2S(=O)(=O)N2CCCCC2)c1. The quantitative estimate of drug-likeness (QED) is 0.815. The van der Waals surface area contributed by atoms with Gasteiger partial charge in [-0.2, -0.15) is 17.0 Å². The Kier molecular flexibility index (Phi) is 5.32. The van der Waals surface area contributed by atoms with Crippen LogP contribution >= 0.6 is 0 Å². The van der Waals surface area contributed by atoms with Crippen molar-refractivity contribution in [2.24, 2.45) is 0 Å². The van der Waals surface area contributed by atoms with Gasteiger partial charge in [-0.1, -0.05) is 6.42 Å². The summed E-state index contributed by atoms with van der Waals surface area (Å²) < 4.78 is 40.3. The number of ether oxygens (including phenoxy) is 2. The zero-order chi connectivity index (χ0) is 17.2. The fourth-order valence-corrected chi connectivity index (χ4v) is 5.59. The van der Waals surface area contributed by atoms with Crippen LogP contribution in [-0.2, 0) is 10.2 Å². The maximum absolute atomic E-state index is 13.1. The van der Waals surface area contributed by atoms with Gasteiger partial charge in [-0.15, -0.1) is 0 Å². The van der Waals surface area contributed by atoms with Crippen LogP contribution in [0.5, 0.6) is 11.5 Å². The van der Waals surface area contributed by atoms with E-state index in [0.717, 1.165) is 37.7 Å². The first-order chi connectivity index (χ1) is 11.6. The van der Waals surface area contributed by atoms with E-state index in [9.17, 15) is 8.42 Å². The van der Waals surface area contributed by atoms with Gasteiger partial charge in [-0.3, -0.25) is 0 Å². The normalized spacial score (nSPS) is 23.3. The summed E-state index contributed by atoms with van der Waals surface area (Å²) in [4.78, 5) is 0. The summed E-state index contributed by atoms with van der Waals surface area (Å²) >= 11 is 0. The average Bonchev–Trinajstić information content (AvgIpc) is 3.12. The number of nitrogens with zero attached hydrogens (tertiary/aromatic N) is 2. The van der Waals surface area contributed by atoms with Gasteiger partial charge >= 0.3 is 0 Å². The van der Waals surface area contributed by atoms with Crippen molar-refractivity contribution in [2.75, 3.05) is 33.9 Å². The van der Waals surface area contributed by atoms with Crippen LogP contribution in [0.1, 0.15) is 43.7 Å². The third-order valence-corrected chi connectivity index (χ3v) is 6.98. The molecule has 3 rings (SSSR count). The number of rotatable bonds is 5. The molecule has 0 radical (unpaired) electrons. The minimum atomic E-state index is -3.43. The lowest BCUT2D eigenvalue weighted by molar-refractivity contribution is 0.293. The highest BCUT2D eigenvalue weighted by atomic mass is 32.2. The minimum Gasteiger partial charge on any atom is -0.497 e. The van der Waals surface area contributed by atoms with Gasteiger partial charge < -0.3 is 9.47 Å². The molecule has 0 aromatic heterocycles. The standard InChI is InChI=1S/C17H26N2O4S/c1-22-14-8-9-17(23-2)15(13-14)16-7-6-12-19(16)24(20,21)18-10-4-3-5-11-18/h8-9,13,16H,3-7,10-12H2,1-2H3. The Bertz CT molecular complexity index is 671. The Hall–Kier alpha value is -1.31. The van der Waals surface area contributed by atoms with E-state index in [4.69, 9.17) is 9.47 Å². The summed E-state index contributed by atoms with van der Waals surface area (Å²) in [7, 11) is -0.205. The van der Waals surface area contributed by atoms with Gasteiger partial charge in [-0.05, 0) is 43.9 Å². The molecule has 2 aliphatic heterocycles. The summed E-state index contributed by atoms with van der Waals surface area (Å²) in [6.45, 7) is 1.81. The van der Waals surface area contributed by atoms with Crippen molar-refractivity contribution in [3.05, 3.63) is 23.8 Å². The van der Waals surface area contributed by atoms with Gasteiger partial charge in [0.25, 0.3) is 10.2 Å². The van der Waals surface area contributed by atoms with Gasteiger partial charge in [0.2, 0.25) is 0 Å². The fraction of sp³-hybridized carbons (Fsp3) is 0.647. The minimum absolute atomic E-state index is 0.193. The predicted octanol–water partition coefficient (Wildman–Crippen LogP) is 2.57. The Morgan fingerprint density at radius 2 is 1.75 bits per heavy atom. The highest BCUT2D eigenvalue weighted by molar-refractivity contribution is 7.86. The molecule has 134 valence electrons. The van der Waals surface area contributed by atoms with Crippen molar-refractivity contribution in [3.8, 4) is 11.5 Å². The van der Waals surface area contributed by atoms with Crippen molar-refractivity contribution in [3.63, 3.8) is 0 Å². The summed E-state index contributed by atoms with van der Waals surface area (Å²) in [6, 6.07) is 5.38. The molecule has 0 saturated carbocycles. The van der Waals surface area contributed by atoms with E-state index in [0.29, 0.717) is 31.1 Å². The van der Waals surface area contributed by atoms with Crippen LogP contribution in [0.3, 0.4) is 0 Å². The fourth-order valence-electron chi connectivity index (χ4n) is 3.67. The van der Waals surface area contributed by atoms with Crippen molar-refractivity contribution in [1.29, 1.82) is 0 Å². The van der Waals surface area contributed by atoms with Gasteiger partial charge in [0.05, 0.1) is 20.3 Å². The van der Waals surface area contributed by atoms with Gasteiger partial charge in [0.15, 0.2) is 0 Å². The van der Waals surface area contributed by atoms with E-state index < -0.39 is 10.2 Å². The van der Waals surface area contributed by atoms with E-state index in [-0.39, 0.29) is 6.04 Å². The smallest absolute Gasteiger partial charge is 0.282 e. The zero-order valence-corrected chi connectivity index (χ0v) is 15.2. The molecular formula is C17H26N2O4S. The first-order valence-corrected chi connectivity index (χ1v) is 9.96. The van der Waals surface area contributed by atoms with E-state index in [2.05, 4.69) is 0 Å². The molecule has 0 amide bonds. The number of hydrogen-bond donors (Lipinski definition) is 0. The number of piperidine rings is 1. The monoisotopic (exact) mass is 354 g/mol. The highest BCUT2D eigenvalue weighted by Crippen LogP contribution is 2.41. The second kappa shape index (κ2) is 7.29. The van der Waals surface area contributed by atoms with Crippen LogP contribution in [0, 0.1) is 0 Å². The molecule has 0 bridgehead atoms. The third-order valence-electron chi connectivity index (χ3n) is 4.94. The highest BCUT2D eigenvalue weighted by Gasteiger charge is 2.40. The Morgan fingerprint density at radius 3 is 2.42 bits per heavy atom. The van der Waals surface area contributed by atoms with Crippen LogP contribution < -0.4 is 9.47 Å². The first-order valence-electron chi connectivity index (χ1n) is 8.57. The molecule has 24 heavy (non-hydrogen) atoms. The summed E-state index contributed by atoms with van der Waals surface area (Å²) in [5.74, 6) is 1.43. The van der Waals surface area contributed by atoms with Crippen LogP contribution in [0.4, 0.5) is 0 Å². The summed E-state index contributed by atoms with van der Waals surface area (Å²) in [5.41, 5.74) is 0.884. The lowest BCUT2D eigenvalue weighted by Gasteiger charge is -2.33. The molecule has 0 spiro atoms. The number of benzene rings is 1. The Morgan fingerprint density at radius 1 is 1.00 bits per heavy atom. The number of methoxy groups -OCH3 is 2. The Balaban J connectivity index is 1.93. The van der Waals surface area contributed by atoms with Crippen molar-refractivity contribution < 1.29 is 17.9 Å². The molecule has 2 aliphatic rings. The maximum atomic E-state index is 13.1. The molecule has 1 unspecified atom stereocenters. The lowest BCUT2D eigenvalue weighted by Crippen LogP contribution is -2.45. The Labute approximate surface area is 144 Å². The molecule has 0 N–H and O–H groups in total. The molecule has 7 heteroatoms. The lowest BCUT2D eigenvalue weighted by atomic mass is 10.0. The molecular weight excluding hydrogens is 328 g/mol. The third kappa shape index (κ3) is 3.25. The zero-order valence-electron chi connectivity index (χ0n) is 14.4. The topological polar surface area (TPSA) is 59.1 Å². The van der Waals surface area contributed by atoms with Crippen LogP contribution in [0.25, 0.3) is 0 Å². The molecule has 6 nitrogen and oxygen atoms in total. The molecule has 1 atom stereocenters. The second-order valence-electron chi connectivity index (χ2n) is 6.34. The van der Waals surface area contributed by atoms with Crippen LogP contribution in [-0.4, -0.2) is 50.9 Å². The second-order valence-corrected chi connectivity index (χ2v) is 8.23. The van der Waals surface area contributed by atoms with Gasteiger partial charge in [0.1, 0.15) is 11.5 Å². The maximum Gasteiger partial charge on any atom is 0.282 e. The van der Waals surface area contributed by atoms with E-state index in [1.165, 1.54) is 0 Å². The number of hydrogen-bond acceptors (Lipinski definition) is 4.